The Balaban J connectivity index is 1.27. The zero-order chi connectivity index (χ0) is 20.2. The summed E-state index contributed by atoms with van der Waals surface area (Å²) in [6.45, 7) is 0.717. The molecule has 1 unspecified atom stereocenters. The summed E-state index contributed by atoms with van der Waals surface area (Å²) in [5, 5.41) is 2.79. The highest BCUT2D eigenvalue weighted by atomic mass is 19.1. The van der Waals surface area contributed by atoms with Gasteiger partial charge in [-0.1, -0.05) is 30.3 Å². The lowest BCUT2D eigenvalue weighted by molar-refractivity contribution is -0.139. The quantitative estimate of drug-likeness (QED) is 0.811. The third-order valence-electron chi connectivity index (χ3n) is 5.31. The van der Waals surface area contributed by atoms with Crippen LogP contribution in [0.2, 0.25) is 0 Å². The maximum absolute atomic E-state index is 13.5. The molecule has 2 aromatic rings. The van der Waals surface area contributed by atoms with Crippen LogP contribution in [0.1, 0.15) is 18.4 Å². The lowest BCUT2D eigenvalue weighted by Gasteiger charge is -2.27. The van der Waals surface area contributed by atoms with Gasteiger partial charge in [-0.25, -0.2) is 4.39 Å². The molecule has 1 fully saturated rings. The van der Waals surface area contributed by atoms with Gasteiger partial charge in [0.25, 0.3) is 11.8 Å². The smallest absolute Gasteiger partial charge is 0.264 e. The normalized spacial score (nSPS) is 20.1. The molecule has 0 aromatic heterocycles. The topological polar surface area (TPSA) is 67.9 Å². The van der Waals surface area contributed by atoms with Crippen LogP contribution in [0.15, 0.2) is 48.5 Å². The first-order chi connectivity index (χ1) is 14.1. The molecule has 2 atom stereocenters. The Labute approximate surface area is 168 Å². The predicted molar refractivity (Wildman–Crippen MR) is 104 cm³/mol. The number of ether oxygens (including phenoxy) is 2. The second-order valence-electron chi connectivity index (χ2n) is 7.27. The summed E-state index contributed by atoms with van der Waals surface area (Å²) >= 11 is 0. The third-order valence-corrected chi connectivity index (χ3v) is 5.31. The maximum Gasteiger partial charge on any atom is 0.264 e. The summed E-state index contributed by atoms with van der Waals surface area (Å²) in [4.78, 5) is 26.8. The van der Waals surface area contributed by atoms with Crippen molar-refractivity contribution in [3.05, 3.63) is 59.9 Å². The molecule has 0 radical (unpaired) electrons. The molecule has 2 aliphatic rings. The Kier molecular flexibility index (Phi) is 5.64. The average molecular weight is 398 g/mol. The Morgan fingerprint density at radius 1 is 1.17 bits per heavy atom. The number of hydrogen-bond acceptors (Lipinski definition) is 4. The molecular weight excluding hydrogens is 375 g/mol. The summed E-state index contributed by atoms with van der Waals surface area (Å²) in [6, 6.07) is 13.5. The van der Waals surface area contributed by atoms with E-state index in [0.29, 0.717) is 19.5 Å². The van der Waals surface area contributed by atoms with Gasteiger partial charge in [-0.3, -0.25) is 9.59 Å². The van der Waals surface area contributed by atoms with Gasteiger partial charge in [0.15, 0.2) is 24.3 Å². The third kappa shape index (κ3) is 4.34. The van der Waals surface area contributed by atoms with Crippen molar-refractivity contribution in [2.75, 3.05) is 19.7 Å². The molecule has 6 nitrogen and oxygen atoms in total. The summed E-state index contributed by atoms with van der Waals surface area (Å²) in [7, 11) is 0. The van der Waals surface area contributed by atoms with Crippen molar-refractivity contribution >= 4 is 11.8 Å². The van der Waals surface area contributed by atoms with Crippen LogP contribution in [0.5, 0.6) is 11.5 Å². The minimum Gasteiger partial charge on any atom is -0.481 e. The molecule has 7 heteroatoms. The summed E-state index contributed by atoms with van der Waals surface area (Å²) in [5.74, 6) is -0.0958. The number of para-hydroxylation sites is 2. The van der Waals surface area contributed by atoms with Crippen molar-refractivity contribution in [3.63, 3.8) is 0 Å². The standard InChI is InChI=1S/C22H23FN2O4/c23-17-8-2-4-10-19(17)28-14-21(26)24-13-16-7-5-11-25(16)22(27)20-12-15-6-1-3-9-18(15)29-20/h1-4,6,8-10,16,20H,5,7,11-14H2,(H,24,26)/t16-,20?/m1/s1. The highest BCUT2D eigenvalue weighted by Gasteiger charge is 2.37. The second-order valence-corrected chi connectivity index (χ2v) is 7.27. The number of halogens is 1. The van der Waals surface area contributed by atoms with Gasteiger partial charge in [-0.15, -0.1) is 0 Å². The fraction of sp³-hybridized carbons (Fsp3) is 0.364. The molecule has 2 heterocycles. The molecule has 2 aromatic carbocycles. The number of carbonyl (C=O) groups is 2. The lowest BCUT2D eigenvalue weighted by atomic mass is 10.1. The van der Waals surface area contributed by atoms with Crippen molar-refractivity contribution in [2.45, 2.75) is 31.4 Å². The highest BCUT2D eigenvalue weighted by molar-refractivity contribution is 5.83. The van der Waals surface area contributed by atoms with Gasteiger partial charge in [0.05, 0.1) is 0 Å². The Bertz CT molecular complexity index is 879. The van der Waals surface area contributed by atoms with Crippen LogP contribution in [0.25, 0.3) is 0 Å². The lowest BCUT2D eigenvalue weighted by Crippen LogP contribution is -2.48. The van der Waals surface area contributed by atoms with Crippen molar-refractivity contribution in [2.24, 2.45) is 0 Å². The fourth-order valence-electron chi connectivity index (χ4n) is 3.83. The van der Waals surface area contributed by atoms with E-state index in [-0.39, 0.29) is 30.2 Å². The highest BCUT2D eigenvalue weighted by Crippen LogP contribution is 2.30. The molecule has 0 spiro atoms. The van der Waals surface area contributed by atoms with E-state index in [1.165, 1.54) is 12.1 Å². The van der Waals surface area contributed by atoms with E-state index in [1.54, 1.807) is 17.0 Å². The molecule has 0 saturated carbocycles. The van der Waals surface area contributed by atoms with E-state index in [0.717, 1.165) is 24.2 Å². The zero-order valence-electron chi connectivity index (χ0n) is 16.0. The minimum atomic E-state index is -0.509. The van der Waals surface area contributed by atoms with Crippen molar-refractivity contribution in [3.8, 4) is 11.5 Å². The SMILES string of the molecule is O=C(COc1ccccc1F)NC[C@H]1CCCN1C(=O)C1Cc2ccccc2O1. The van der Waals surface area contributed by atoms with Crippen LogP contribution in [-0.4, -0.2) is 48.6 Å². The molecule has 4 rings (SSSR count). The number of likely N-dealkylation sites (tertiary alicyclic amines) is 1. The molecular formula is C22H23FN2O4. The van der Waals surface area contributed by atoms with Gasteiger partial charge >= 0.3 is 0 Å². The van der Waals surface area contributed by atoms with Crippen LogP contribution < -0.4 is 14.8 Å². The summed E-state index contributed by atoms with van der Waals surface area (Å²) < 4.78 is 24.6. The summed E-state index contributed by atoms with van der Waals surface area (Å²) in [6.07, 6.45) is 1.77. The number of hydrogen-bond donors (Lipinski definition) is 1. The number of carbonyl (C=O) groups excluding carboxylic acids is 2. The van der Waals surface area contributed by atoms with Gasteiger partial charge in [-0.05, 0) is 36.6 Å². The van der Waals surface area contributed by atoms with E-state index in [1.807, 2.05) is 24.3 Å². The first-order valence-electron chi connectivity index (χ1n) is 9.81. The maximum atomic E-state index is 13.5. The van der Waals surface area contributed by atoms with Crippen LogP contribution >= 0.6 is 0 Å². The van der Waals surface area contributed by atoms with E-state index in [9.17, 15) is 14.0 Å². The zero-order valence-corrected chi connectivity index (χ0v) is 16.0. The van der Waals surface area contributed by atoms with Crippen LogP contribution in [0.4, 0.5) is 4.39 Å². The number of nitrogens with zero attached hydrogens (tertiary/aromatic N) is 1. The molecule has 1 saturated heterocycles. The van der Waals surface area contributed by atoms with Crippen molar-refractivity contribution in [1.29, 1.82) is 0 Å². The van der Waals surface area contributed by atoms with E-state index < -0.39 is 11.9 Å². The molecule has 0 bridgehead atoms. The molecule has 152 valence electrons. The molecule has 2 aliphatic heterocycles. The van der Waals surface area contributed by atoms with E-state index >= 15 is 0 Å². The average Bonchev–Trinajstić information content (AvgIpc) is 3.38. The number of fused-ring (bicyclic) bond motifs is 1. The van der Waals surface area contributed by atoms with Gasteiger partial charge < -0.3 is 19.7 Å². The predicted octanol–water partition coefficient (Wildman–Crippen LogP) is 2.32. The largest absolute Gasteiger partial charge is 0.481 e. The monoisotopic (exact) mass is 398 g/mol. The van der Waals surface area contributed by atoms with Crippen LogP contribution in [0, 0.1) is 5.82 Å². The van der Waals surface area contributed by atoms with E-state index in [4.69, 9.17) is 9.47 Å². The van der Waals surface area contributed by atoms with Gasteiger partial charge in [0.1, 0.15) is 5.75 Å². The fourth-order valence-corrected chi connectivity index (χ4v) is 3.83. The molecule has 2 amide bonds. The Morgan fingerprint density at radius 2 is 1.97 bits per heavy atom. The Hall–Kier alpha value is -3.09. The van der Waals surface area contributed by atoms with Gasteiger partial charge in [0.2, 0.25) is 0 Å². The number of benzene rings is 2. The minimum absolute atomic E-state index is 0.0401. The van der Waals surface area contributed by atoms with Gasteiger partial charge in [-0.2, -0.15) is 0 Å². The molecule has 1 N–H and O–H groups in total. The van der Waals surface area contributed by atoms with Crippen molar-refractivity contribution in [1.82, 2.24) is 10.2 Å². The first-order valence-corrected chi connectivity index (χ1v) is 9.81. The second kappa shape index (κ2) is 8.51. The first kappa shape index (κ1) is 19.2. The number of nitrogens with one attached hydrogen (secondary N) is 1. The van der Waals surface area contributed by atoms with Crippen LogP contribution in [0.3, 0.4) is 0 Å². The van der Waals surface area contributed by atoms with Crippen LogP contribution in [-0.2, 0) is 16.0 Å². The number of amides is 2. The number of rotatable bonds is 6. The molecule has 29 heavy (non-hydrogen) atoms. The van der Waals surface area contributed by atoms with Gasteiger partial charge in [0, 0.05) is 25.6 Å². The van der Waals surface area contributed by atoms with Crippen molar-refractivity contribution < 1.29 is 23.5 Å². The Morgan fingerprint density at radius 3 is 2.79 bits per heavy atom. The van der Waals surface area contributed by atoms with E-state index in [2.05, 4.69) is 5.32 Å². The summed E-state index contributed by atoms with van der Waals surface area (Å²) in [5.41, 5.74) is 1.04. The molecule has 0 aliphatic carbocycles.